The van der Waals surface area contributed by atoms with E-state index in [-0.39, 0.29) is 5.56 Å². The van der Waals surface area contributed by atoms with Gasteiger partial charge in [-0.25, -0.2) is 4.79 Å². The van der Waals surface area contributed by atoms with Crippen LogP contribution < -0.4 is 4.74 Å². The van der Waals surface area contributed by atoms with Crippen molar-refractivity contribution in [1.82, 2.24) is 0 Å². The second-order valence-corrected chi connectivity index (χ2v) is 3.08. The predicted molar refractivity (Wildman–Crippen MR) is 60.6 cm³/mol. The van der Waals surface area contributed by atoms with Crippen molar-refractivity contribution in [3.8, 4) is 5.75 Å². The second-order valence-electron chi connectivity index (χ2n) is 3.08. The number of ether oxygens (including phenoxy) is 2. The molecule has 0 saturated heterocycles. The summed E-state index contributed by atoms with van der Waals surface area (Å²) < 4.78 is 10.2. The van der Waals surface area contributed by atoms with Gasteiger partial charge < -0.3 is 14.6 Å². The Labute approximate surface area is 94.1 Å². The summed E-state index contributed by atoms with van der Waals surface area (Å²) in [6, 6.07) is 4.71. The Morgan fingerprint density at radius 3 is 2.69 bits per heavy atom. The van der Waals surface area contributed by atoms with E-state index in [9.17, 15) is 4.79 Å². The molecule has 1 aromatic carbocycles. The summed E-state index contributed by atoms with van der Waals surface area (Å²) in [6.45, 7) is 6.11. The summed E-state index contributed by atoms with van der Waals surface area (Å²) in [4.78, 5) is 10.9. The maximum atomic E-state index is 10.9. The zero-order valence-electron chi connectivity index (χ0n) is 9.32. The minimum atomic E-state index is -1.02. The van der Waals surface area contributed by atoms with Crippen LogP contribution in [0.2, 0.25) is 0 Å². The number of carboxylic acids is 1. The molecule has 0 spiro atoms. The molecule has 0 aromatic heterocycles. The molecule has 0 atom stereocenters. The standard InChI is InChI=1S/C12H14O4/c1-4-16-8(2)9-5-6-10(12(13)14)11(7-9)15-3/h5-7H,2,4H2,1,3H3,(H,13,14). The van der Waals surface area contributed by atoms with Gasteiger partial charge in [0.1, 0.15) is 17.1 Å². The van der Waals surface area contributed by atoms with Gasteiger partial charge in [0, 0.05) is 5.56 Å². The number of carbonyl (C=O) groups is 1. The molecule has 4 nitrogen and oxygen atoms in total. The molecule has 1 rings (SSSR count). The van der Waals surface area contributed by atoms with Crippen molar-refractivity contribution in [3.63, 3.8) is 0 Å². The molecule has 0 aliphatic carbocycles. The van der Waals surface area contributed by atoms with Crippen molar-refractivity contribution in [2.75, 3.05) is 13.7 Å². The molecule has 0 radical (unpaired) electrons. The van der Waals surface area contributed by atoms with E-state index in [0.717, 1.165) is 0 Å². The van der Waals surface area contributed by atoms with Crippen LogP contribution in [-0.4, -0.2) is 24.8 Å². The molecule has 0 aliphatic rings. The van der Waals surface area contributed by atoms with Gasteiger partial charge in [-0.2, -0.15) is 0 Å². The van der Waals surface area contributed by atoms with Gasteiger partial charge in [0.2, 0.25) is 0 Å². The number of carboxylic acid groups (broad SMARTS) is 1. The van der Waals surface area contributed by atoms with Gasteiger partial charge in [0.25, 0.3) is 0 Å². The topological polar surface area (TPSA) is 55.8 Å². The molecule has 86 valence electrons. The van der Waals surface area contributed by atoms with Crippen LogP contribution in [0.1, 0.15) is 22.8 Å². The Hall–Kier alpha value is -1.97. The van der Waals surface area contributed by atoms with Crippen LogP contribution >= 0.6 is 0 Å². The molecule has 1 aromatic rings. The lowest BCUT2D eigenvalue weighted by Crippen LogP contribution is -2.01. The molecular formula is C12H14O4. The maximum absolute atomic E-state index is 10.9. The van der Waals surface area contributed by atoms with Crippen LogP contribution in [0.25, 0.3) is 5.76 Å². The molecule has 0 saturated carbocycles. The lowest BCUT2D eigenvalue weighted by molar-refractivity contribution is 0.0693. The van der Waals surface area contributed by atoms with Crippen molar-refractivity contribution in [2.45, 2.75) is 6.92 Å². The lowest BCUT2D eigenvalue weighted by atomic mass is 10.1. The largest absolute Gasteiger partial charge is 0.496 e. The molecule has 0 fully saturated rings. The first-order valence-corrected chi connectivity index (χ1v) is 4.83. The third-order valence-corrected chi connectivity index (χ3v) is 2.07. The van der Waals surface area contributed by atoms with E-state index in [2.05, 4.69) is 6.58 Å². The highest BCUT2D eigenvalue weighted by atomic mass is 16.5. The summed E-state index contributed by atoms with van der Waals surface area (Å²) in [7, 11) is 1.43. The Morgan fingerprint density at radius 2 is 2.19 bits per heavy atom. The van der Waals surface area contributed by atoms with Gasteiger partial charge in [-0.05, 0) is 19.1 Å². The molecule has 4 heteroatoms. The first kappa shape index (κ1) is 12.1. The fourth-order valence-electron chi connectivity index (χ4n) is 1.30. The van der Waals surface area contributed by atoms with Gasteiger partial charge in [-0.3, -0.25) is 0 Å². The van der Waals surface area contributed by atoms with Crippen LogP contribution in [0.15, 0.2) is 24.8 Å². The molecule has 16 heavy (non-hydrogen) atoms. The second kappa shape index (κ2) is 5.21. The zero-order valence-corrected chi connectivity index (χ0v) is 9.32. The fourth-order valence-corrected chi connectivity index (χ4v) is 1.30. The number of hydrogen-bond donors (Lipinski definition) is 1. The van der Waals surface area contributed by atoms with E-state index in [0.29, 0.717) is 23.7 Å². The minimum Gasteiger partial charge on any atom is -0.496 e. The number of benzene rings is 1. The Kier molecular flexibility index (Phi) is 3.94. The number of rotatable bonds is 5. The predicted octanol–water partition coefficient (Wildman–Crippen LogP) is 2.40. The van der Waals surface area contributed by atoms with E-state index in [1.807, 2.05) is 6.92 Å². The number of methoxy groups -OCH3 is 1. The van der Waals surface area contributed by atoms with E-state index in [1.165, 1.54) is 13.2 Å². The first-order chi connectivity index (χ1) is 7.60. The molecule has 0 aliphatic heterocycles. The lowest BCUT2D eigenvalue weighted by Gasteiger charge is -2.10. The van der Waals surface area contributed by atoms with Crippen molar-refractivity contribution in [3.05, 3.63) is 35.9 Å². The number of hydrogen-bond acceptors (Lipinski definition) is 3. The van der Waals surface area contributed by atoms with Crippen LogP contribution in [0.5, 0.6) is 5.75 Å². The Balaban J connectivity index is 3.08. The van der Waals surface area contributed by atoms with Gasteiger partial charge in [0.05, 0.1) is 13.7 Å². The Bertz CT molecular complexity index is 409. The average molecular weight is 222 g/mol. The van der Waals surface area contributed by atoms with Crippen molar-refractivity contribution in [1.29, 1.82) is 0 Å². The number of aromatic carboxylic acids is 1. The highest BCUT2D eigenvalue weighted by molar-refractivity contribution is 5.91. The third kappa shape index (κ3) is 2.53. The summed E-state index contributed by atoms with van der Waals surface area (Å²) in [5.41, 5.74) is 0.833. The molecule has 0 bridgehead atoms. The van der Waals surface area contributed by atoms with Crippen LogP contribution in [0, 0.1) is 0 Å². The van der Waals surface area contributed by atoms with E-state index >= 15 is 0 Å². The van der Waals surface area contributed by atoms with Crippen LogP contribution in [0.3, 0.4) is 0 Å². The van der Waals surface area contributed by atoms with Gasteiger partial charge in [0.15, 0.2) is 0 Å². The summed E-state index contributed by atoms with van der Waals surface area (Å²) >= 11 is 0. The smallest absolute Gasteiger partial charge is 0.339 e. The highest BCUT2D eigenvalue weighted by Gasteiger charge is 2.12. The van der Waals surface area contributed by atoms with Crippen LogP contribution in [-0.2, 0) is 4.74 Å². The highest BCUT2D eigenvalue weighted by Crippen LogP contribution is 2.24. The first-order valence-electron chi connectivity index (χ1n) is 4.83. The van der Waals surface area contributed by atoms with Gasteiger partial charge >= 0.3 is 5.97 Å². The Morgan fingerprint density at radius 1 is 1.50 bits per heavy atom. The summed E-state index contributed by atoms with van der Waals surface area (Å²) in [5.74, 6) is -0.228. The normalized spacial score (nSPS) is 9.62. The molecular weight excluding hydrogens is 208 g/mol. The zero-order chi connectivity index (χ0) is 12.1. The SMILES string of the molecule is C=C(OCC)c1ccc(C(=O)O)c(OC)c1. The van der Waals surface area contributed by atoms with Crippen molar-refractivity contribution >= 4 is 11.7 Å². The summed E-state index contributed by atoms with van der Waals surface area (Å²) in [6.07, 6.45) is 0. The van der Waals surface area contributed by atoms with E-state index < -0.39 is 5.97 Å². The third-order valence-electron chi connectivity index (χ3n) is 2.07. The fraction of sp³-hybridized carbons (Fsp3) is 0.250. The molecule has 0 unspecified atom stereocenters. The molecule has 0 amide bonds. The van der Waals surface area contributed by atoms with Crippen molar-refractivity contribution in [2.24, 2.45) is 0 Å². The monoisotopic (exact) mass is 222 g/mol. The summed E-state index contributed by atoms with van der Waals surface area (Å²) in [5, 5.41) is 8.90. The average Bonchev–Trinajstić information content (AvgIpc) is 2.28. The molecule has 0 heterocycles. The van der Waals surface area contributed by atoms with E-state index in [1.54, 1.807) is 12.1 Å². The minimum absolute atomic E-state index is 0.121. The maximum Gasteiger partial charge on any atom is 0.339 e. The van der Waals surface area contributed by atoms with Gasteiger partial charge in [-0.15, -0.1) is 0 Å². The van der Waals surface area contributed by atoms with E-state index in [4.69, 9.17) is 14.6 Å². The van der Waals surface area contributed by atoms with Gasteiger partial charge in [-0.1, -0.05) is 12.6 Å². The molecule has 1 N–H and O–H groups in total. The van der Waals surface area contributed by atoms with Crippen molar-refractivity contribution < 1.29 is 19.4 Å². The quantitative estimate of drug-likeness (QED) is 0.777. The van der Waals surface area contributed by atoms with Crippen LogP contribution in [0.4, 0.5) is 0 Å².